The first kappa shape index (κ1) is 15.1. The van der Waals surface area contributed by atoms with Crippen molar-refractivity contribution in [3.63, 3.8) is 0 Å². The fourth-order valence-electron chi connectivity index (χ4n) is 2.27. The molecule has 0 aromatic heterocycles. The Kier molecular flexibility index (Phi) is 4.82. The zero-order valence-electron chi connectivity index (χ0n) is 11.4. The molecule has 20 heavy (non-hydrogen) atoms. The highest BCUT2D eigenvalue weighted by Crippen LogP contribution is 2.21. The molecule has 0 radical (unpaired) electrons. The maximum absolute atomic E-state index is 13.5. The predicted octanol–water partition coefficient (Wildman–Crippen LogP) is 1.61. The SMILES string of the molecule is CS(=O)(=O)Nc1cc(NCC2CCCNC2)ccc1F. The minimum Gasteiger partial charge on any atom is -0.385 e. The van der Waals surface area contributed by atoms with Gasteiger partial charge in [-0.05, 0) is 50.0 Å². The summed E-state index contributed by atoms with van der Waals surface area (Å²) in [5.41, 5.74) is 0.683. The molecule has 1 aliphatic heterocycles. The second-order valence-corrected chi connectivity index (χ2v) is 6.91. The van der Waals surface area contributed by atoms with E-state index < -0.39 is 15.8 Å². The van der Waals surface area contributed by atoms with Crippen LogP contribution in [0.4, 0.5) is 15.8 Å². The van der Waals surface area contributed by atoms with Gasteiger partial charge in [0, 0.05) is 12.2 Å². The lowest BCUT2D eigenvalue weighted by Gasteiger charge is -2.23. The fourth-order valence-corrected chi connectivity index (χ4v) is 2.83. The third kappa shape index (κ3) is 4.64. The summed E-state index contributed by atoms with van der Waals surface area (Å²) in [4.78, 5) is 0. The smallest absolute Gasteiger partial charge is 0.229 e. The standard InChI is InChI=1S/C13H20FN3O2S/c1-20(18,19)17-13-7-11(4-5-12(13)14)16-9-10-3-2-6-15-8-10/h4-5,7,10,15-17H,2-3,6,8-9H2,1H3. The minimum absolute atomic E-state index is 0.0285. The zero-order valence-corrected chi connectivity index (χ0v) is 12.3. The van der Waals surface area contributed by atoms with E-state index >= 15 is 0 Å². The molecule has 1 aromatic carbocycles. The number of piperidine rings is 1. The molecule has 2 rings (SSSR count). The van der Waals surface area contributed by atoms with E-state index in [4.69, 9.17) is 0 Å². The highest BCUT2D eigenvalue weighted by atomic mass is 32.2. The molecule has 1 atom stereocenters. The van der Waals surface area contributed by atoms with Crippen molar-refractivity contribution in [1.29, 1.82) is 0 Å². The van der Waals surface area contributed by atoms with Crippen LogP contribution in [0.15, 0.2) is 18.2 Å². The zero-order chi connectivity index (χ0) is 14.6. The van der Waals surface area contributed by atoms with Gasteiger partial charge < -0.3 is 10.6 Å². The molecule has 3 N–H and O–H groups in total. The Morgan fingerprint density at radius 2 is 2.25 bits per heavy atom. The minimum atomic E-state index is -3.48. The number of benzene rings is 1. The van der Waals surface area contributed by atoms with Crippen molar-refractivity contribution >= 4 is 21.4 Å². The van der Waals surface area contributed by atoms with Crippen molar-refractivity contribution in [2.24, 2.45) is 5.92 Å². The summed E-state index contributed by atoms with van der Waals surface area (Å²) in [6.07, 6.45) is 3.33. The van der Waals surface area contributed by atoms with Gasteiger partial charge in [0.1, 0.15) is 5.82 Å². The van der Waals surface area contributed by atoms with Crippen molar-refractivity contribution in [1.82, 2.24) is 5.32 Å². The summed E-state index contributed by atoms with van der Waals surface area (Å²) in [6.45, 7) is 2.83. The van der Waals surface area contributed by atoms with Gasteiger partial charge in [-0.1, -0.05) is 0 Å². The van der Waals surface area contributed by atoms with Crippen molar-refractivity contribution in [2.75, 3.05) is 35.9 Å². The van der Waals surface area contributed by atoms with Gasteiger partial charge in [0.15, 0.2) is 0 Å². The van der Waals surface area contributed by atoms with Crippen LogP contribution in [0.25, 0.3) is 0 Å². The second-order valence-electron chi connectivity index (χ2n) is 5.16. The van der Waals surface area contributed by atoms with Gasteiger partial charge in [-0.15, -0.1) is 0 Å². The van der Waals surface area contributed by atoms with Crippen molar-refractivity contribution in [2.45, 2.75) is 12.8 Å². The molecule has 0 bridgehead atoms. The monoisotopic (exact) mass is 301 g/mol. The van der Waals surface area contributed by atoms with Crippen LogP contribution in [-0.4, -0.2) is 34.3 Å². The number of rotatable bonds is 5. The Bertz CT molecular complexity index is 557. The largest absolute Gasteiger partial charge is 0.385 e. The molecule has 0 amide bonds. The van der Waals surface area contributed by atoms with Crippen LogP contribution in [-0.2, 0) is 10.0 Å². The molecule has 0 saturated carbocycles. The van der Waals surface area contributed by atoms with Gasteiger partial charge in [0.25, 0.3) is 0 Å². The third-order valence-corrected chi connectivity index (χ3v) is 3.85. The van der Waals surface area contributed by atoms with Crippen LogP contribution >= 0.6 is 0 Å². The quantitative estimate of drug-likeness (QED) is 0.773. The molecule has 1 aromatic rings. The van der Waals surface area contributed by atoms with Crippen LogP contribution in [0.3, 0.4) is 0 Å². The fraction of sp³-hybridized carbons (Fsp3) is 0.538. The highest BCUT2D eigenvalue weighted by molar-refractivity contribution is 7.92. The number of sulfonamides is 1. The van der Waals surface area contributed by atoms with Crippen LogP contribution < -0.4 is 15.4 Å². The number of halogens is 1. The van der Waals surface area contributed by atoms with Crippen LogP contribution in [0.1, 0.15) is 12.8 Å². The predicted molar refractivity (Wildman–Crippen MR) is 78.9 cm³/mol. The Balaban J connectivity index is 1.99. The van der Waals surface area contributed by atoms with E-state index in [0.717, 1.165) is 38.7 Å². The van der Waals surface area contributed by atoms with Crippen LogP contribution in [0, 0.1) is 11.7 Å². The summed E-state index contributed by atoms with van der Waals surface area (Å²) in [5.74, 6) is -0.0413. The Morgan fingerprint density at radius 3 is 2.90 bits per heavy atom. The first-order valence-corrected chi connectivity index (χ1v) is 8.55. The maximum atomic E-state index is 13.5. The Hall–Kier alpha value is -1.34. The lowest BCUT2D eigenvalue weighted by Crippen LogP contribution is -2.33. The average Bonchev–Trinajstić information content (AvgIpc) is 2.39. The average molecular weight is 301 g/mol. The highest BCUT2D eigenvalue weighted by Gasteiger charge is 2.13. The molecule has 112 valence electrons. The van der Waals surface area contributed by atoms with Crippen LogP contribution in [0.5, 0.6) is 0 Å². The van der Waals surface area contributed by atoms with E-state index in [1.54, 1.807) is 6.07 Å². The molecular weight excluding hydrogens is 281 g/mol. The van der Waals surface area contributed by atoms with Gasteiger partial charge in [-0.3, -0.25) is 4.72 Å². The van der Waals surface area contributed by atoms with E-state index in [1.165, 1.54) is 12.1 Å². The van der Waals surface area contributed by atoms with Crippen molar-refractivity contribution in [3.05, 3.63) is 24.0 Å². The summed E-state index contributed by atoms with van der Waals surface area (Å²) < 4.78 is 38.0. The first-order valence-electron chi connectivity index (χ1n) is 6.66. The lowest BCUT2D eigenvalue weighted by atomic mass is 10.00. The third-order valence-electron chi connectivity index (χ3n) is 3.26. The first-order chi connectivity index (χ1) is 9.44. The summed E-state index contributed by atoms with van der Waals surface area (Å²) in [7, 11) is -3.48. The van der Waals surface area contributed by atoms with E-state index in [9.17, 15) is 12.8 Å². The second kappa shape index (κ2) is 6.41. The normalized spacial score (nSPS) is 19.6. The van der Waals surface area contributed by atoms with Gasteiger partial charge in [-0.2, -0.15) is 0 Å². The molecule has 1 unspecified atom stereocenters. The molecule has 0 spiro atoms. The van der Waals surface area contributed by atoms with Gasteiger partial charge >= 0.3 is 0 Å². The van der Waals surface area contributed by atoms with E-state index in [0.29, 0.717) is 11.6 Å². The molecular formula is C13H20FN3O2S. The van der Waals surface area contributed by atoms with Crippen LogP contribution in [0.2, 0.25) is 0 Å². The molecule has 1 fully saturated rings. The summed E-state index contributed by atoms with van der Waals surface area (Å²) in [5, 5.41) is 6.56. The molecule has 7 heteroatoms. The van der Waals surface area contributed by atoms with E-state index in [1.807, 2.05) is 0 Å². The van der Waals surface area contributed by atoms with Gasteiger partial charge in [0.05, 0.1) is 11.9 Å². The number of hydrogen-bond acceptors (Lipinski definition) is 4. The number of nitrogens with one attached hydrogen (secondary N) is 3. The Labute approximate surface area is 119 Å². The van der Waals surface area contributed by atoms with Crippen molar-refractivity contribution < 1.29 is 12.8 Å². The summed E-state index contributed by atoms with van der Waals surface area (Å²) >= 11 is 0. The van der Waals surface area contributed by atoms with E-state index in [2.05, 4.69) is 15.4 Å². The number of anilines is 2. The summed E-state index contributed by atoms with van der Waals surface area (Å²) in [6, 6.07) is 4.35. The van der Waals surface area contributed by atoms with E-state index in [-0.39, 0.29) is 5.69 Å². The van der Waals surface area contributed by atoms with Gasteiger partial charge in [-0.25, -0.2) is 12.8 Å². The molecule has 5 nitrogen and oxygen atoms in total. The van der Waals surface area contributed by atoms with Gasteiger partial charge in [0.2, 0.25) is 10.0 Å². The molecule has 1 aliphatic rings. The lowest BCUT2D eigenvalue weighted by molar-refractivity contribution is 0.393. The van der Waals surface area contributed by atoms with Crippen molar-refractivity contribution in [3.8, 4) is 0 Å². The Morgan fingerprint density at radius 1 is 1.45 bits per heavy atom. The topological polar surface area (TPSA) is 70.2 Å². The molecule has 1 heterocycles. The number of hydrogen-bond donors (Lipinski definition) is 3. The molecule has 0 aliphatic carbocycles. The molecule has 1 saturated heterocycles. The maximum Gasteiger partial charge on any atom is 0.229 e.